The summed E-state index contributed by atoms with van der Waals surface area (Å²) in [6.45, 7) is 2.70. The number of alkyl halides is 3. The van der Waals surface area contributed by atoms with Gasteiger partial charge < -0.3 is 15.0 Å². The quantitative estimate of drug-likeness (QED) is 0.477. The Balaban J connectivity index is 1.97. The molecule has 0 unspecified atom stereocenters. The van der Waals surface area contributed by atoms with Crippen molar-refractivity contribution >= 4 is 28.6 Å². The molecule has 0 saturated heterocycles. The number of amides is 1. The molecule has 0 atom stereocenters. The summed E-state index contributed by atoms with van der Waals surface area (Å²) in [7, 11) is 0. The highest BCUT2D eigenvalue weighted by Crippen LogP contribution is 2.30. The Kier molecular flexibility index (Phi) is 5.86. The Labute approximate surface area is 169 Å². The maximum Gasteiger partial charge on any atom is 0.412 e. The van der Waals surface area contributed by atoms with Crippen molar-refractivity contribution in [1.29, 1.82) is 0 Å². The van der Waals surface area contributed by atoms with Crippen molar-refractivity contribution in [2.45, 2.75) is 20.0 Å². The van der Waals surface area contributed by atoms with Crippen LogP contribution in [0.2, 0.25) is 0 Å². The number of aromatic amines is 1. The third-order valence-electron chi connectivity index (χ3n) is 4.16. The van der Waals surface area contributed by atoms with E-state index >= 15 is 0 Å². The number of H-pyrrole nitrogens is 1. The van der Waals surface area contributed by atoms with Crippen LogP contribution in [-0.2, 0) is 9.53 Å². The number of hydrogen-bond acceptors (Lipinski definition) is 5. The molecule has 0 aliphatic carbocycles. The Hall–Kier alpha value is -3.69. The van der Waals surface area contributed by atoms with E-state index in [2.05, 4.69) is 20.3 Å². The molecule has 2 aromatic heterocycles. The molecule has 1 amide bonds. The summed E-state index contributed by atoms with van der Waals surface area (Å²) in [6, 6.07) is 6.37. The van der Waals surface area contributed by atoms with Gasteiger partial charge in [0.1, 0.15) is 12.0 Å². The first-order valence-electron chi connectivity index (χ1n) is 8.86. The van der Waals surface area contributed by atoms with E-state index in [1.165, 1.54) is 18.6 Å². The van der Waals surface area contributed by atoms with Crippen LogP contribution < -0.4 is 5.32 Å². The number of esters is 1. The molecule has 2 N–H and O–H groups in total. The third kappa shape index (κ3) is 4.48. The molecule has 0 aliphatic heterocycles. The van der Waals surface area contributed by atoms with E-state index < -0.39 is 23.6 Å². The lowest BCUT2D eigenvalue weighted by Crippen LogP contribution is -2.14. The fourth-order valence-electron chi connectivity index (χ4n) is 2.75. The van der Waals surface area contributed by atoms with Crippen LogP contribution in [0.15, 0.2) is 48.4 Å². The highest BCUT2D eigenvalue weighted by atomic mass is 19.4. The number of hydrogen-bond donors (Lipinski definition) is 2. The van der Waals surface area contributed by atoms with Crippen molar-refractivity contribution in [1.82, 2.24) is 15.0 Å². The van der Waals surface area contributed by atoms with Crippen LogP contribution in [0.1, 0.15) is 24.2 Å². The first-order valence-corrected chi connectivity index (χ1v) is 8.86. The molecule has 1 aromatic carbocycles. The molecule has 0 saturated carbocycles. The summed E-state index contributed by atoms with van der Waals surface area (Å²) < 4.78 is 42.9. The maximum atomic E-state index is 12.6. The summed E-state index contributed by atoms with van der Waals surface area (Å²) in [5.41, 5.74) is 0.856. The number of benzene rings is 1. The predicted octanol–water partition coefficient (Wildman–Crippen LogP) is 4.25. The monoisotopic (exact) mass is 418 g/mol. The second-order valence-corrected chi connectivity index (χ2v) is 6.26. The van der Waals surface area contributed by atoms with Gasteiger partial charge in [-0.15, -0.1) is 0 Å². The molecule has 0 fully saturated rings. The van der Waals surface area contributed by atoms with Crippen molar-refractivity contribution in [3.63, 3.8) is 0 Å². The van der Waals surface area contributed by atoms with Gasteiger partial charge in [0.2, 0.25) is 5.91 Å². The van der Waals surface area contributed by atoms with Crippen LogP contribution >= 0.6 is 0 Å². The average Bonchev–Trinajstić information content (AvgIpc) is 3.12. The van der Waals surface area contributed by atoms with Gasteiger partial charge in [0.05, 0.1) is 23.3 Å². The largest absolute Gasteiger partial charge is 0.462 e. The number of rotatable bonds is 5. The van der Waals surface area contributed by atoms with Crippen molar-refractivity contribution in [3.05, 3.63) is 54.0 Å². The van der Waals surface area contributed by atoms with Crippen molar-refractivity contribution in [3.8, 4) is 11.3 Å². The minimum Gasteiger partial charge on any atom is -0.462 e. The summed E-state index contributed by atoms with van der Waals surface area (Å²) in [5, 5.41) is 2.83. The van der Waals surface area contributed by atoms with E-state index in [4.69, 9.17) is 4.74 Å². The molecule has 2 heterocycles. The lowest BCUT2D eigenvalue weighted by Gasteiger charge is -2.09. The summed E-state index contributed by atoms with van der Waals surface area (Å²) in [4.78, 5) is 35.4. The fraction of sp³-hybridized carbons (Fsp3) is 0.200. The van der Waals surface area contributed by atoms with Crippen LogP contribution in [0.25, 0.3) is 22.3 Å². The fourth-order valence-corrected chi connectivity index (χ4v) is 2.75. The highest BCUT2D eigenvalue weighted by molar-refractivity contribution is 6.08. The zero-order valence-corrected chi connectivity index (χ0v) is 16.0. The first kappa shape index (κ1) is 21.0. The number of fused-ring (bicyclic) bond motifs is 1. The number of nitrogens with one attached hydrogen (secondary N) is 2. The third-order valence-corrected chi connectivity index (χ3v) is 4.16. The highest BCUT2D eigenvalue weighted by Gasteiger charge is 2.30. The summed E-state index contributed by atoms with van der Waals surface area (Å²) >= 11 is 0. The van der Waals surface area contributed by atoms with Crippen LogP contribution in [0.4, 0.5) is 18.9 Å². The van der Waals surface area contributed by atoms with Gasteiger partial charge in [-0.05, 0) is 26.0 Å². The Morgan fingerprint density at radius 3 is 2.73 bits per heavy atom. The molecule has 0 aliphatic rings. The molecule has 3 rings (SSSR count). The average molecular weight is 418 g/mol. The van der Waals surface area contributed by atoms with E-state index in [-0.39, 0.29) is 17.9 Å². The van der Waals surface area contributed by atoms with Gasteiger partial charge in [0, 0.05) is 29.1 Å². The van der Waals surface area contributed by atoms with Gasteiger partial charge in [0.15, 0.2) is 0 Å². The van der Waals surface area contributed by atoms with Crippen molar-refractivity contribution in [2.75, 3.05) is 11.9 Å². The molecule has 30 heavy (non-hydrogen) atoms. The summed E-state index contributed by atoms with van der Waals surface area (Å²) in [5.74, 6) is -1.46. The van der Waals surface area contributed by atoms with Crippen molar-refractivity contribution in [2.24, 2.45) is 0 Å². The van der Waals surface area contributed by atoms with E-state index in [1.807, 2.05) is 0 Å². The zero-order chi connectivity index (χ0) is 21.9. The van der Waals surface area contributed by atoms with E-state index in [0.29, 0.717) is 28.4 Å². The Morgan fingerprint density at radius 1 is 1.27 bits per heavy atom. The molecular formula is C20H17F3N4O3. The molecule has 156 valence electrons. The lowest BCUT2D eigenvalue weighted by atomic mass is 10.1. The minimum atomic E-state index is -4.58. The predicted molar refractivity (Wildman–Crippen MR) is 104 cm³/mol. The molecule has 0 spiro atoms. The van der Waals surface area contributed by atoms with E-state index in [9.17, 15) is 22.8 Å². The maximum absolute atomic E-state index is 12.6. The van der Waals surface area contributed by atoms with Crippen LogP contribution in [0.5, 0.6) is 0 Å². The van der Waals surface area contributed by atoms with E-state index in [0.717, 1.165) is 6.92 Å². The second kappa shape index (κ2) is 8.36. The minimum absolute atomic E-state index is 0.195. The van der Waals surface area contributed by atoms with Gasteiger partial charge in [-0.1, -0.05) is 12.1 Å². The second-order valence-electron chi connectivity index (χ2n) is 6.26. The number of ether oxygens (including phenoxy) is 1. The number of carbonyl (C=O) groups is 2. The van der Waals surface area contributed by atoms with Crippen LogP contribution in [0, 0.1) is 0 Å². The molecule has 3 aromatic rings. The molecule has 10 heteroatoms. The van der Waals surface area contributed by atoms with E-state index in [1.54, 1.807) is 25.1 Å². The topological polar surface area (TPSA) is 97.0 Å². The molecular weight excluding hydrogens is 401 g/mol. The number of allylic oxidation sites excluding steroid dienone is 1. The normalized spacial score (nSPS) is 12.1. The lowest BCUT2D eigenvalue weighted by molar-refractivity contribution is -0.113. The van der Waals surface area contributed by atoms with Crippen molar-refractivity contribution < 1.29 is 27.5 Å². The molecule has 7 nitrogen and oxygen atoms in total. The standard InChI is InChI=1S/C20H17F3N4O3/c1-3-30-19(29)14-9-24-18-16(14)17(25-10-26-18)12-5-4-6-13(8-12)27-15(28)7-11(2)20(21,22)23/h4-10H,3H2,1-2H3,(H,27,28)(H,24,25,26)/b11-7-. The number of halogens is 3. The first-order chi connectivity index (χ1) is 14.2. The zero-order valence-electron chi connectivity index (χ0n) is 16.0. The summed E-state index contributed by atoms with van der Waals surface area (Å²) in [6.07, 6.45) is -1.31. The SMILES string of the molecule is CCOC(=O)c1c[nH]c2ncnc(-c3cccc(NC(=O)/C=C(/C)C(F)(F)F)c3)c12. The Bertz CT molecular complexity index is 1140. The van der Waals surface area contributed by atoms with Gasteiger partial charge in [-0.3, -0.25) is 4.79 Å². The smallest absolute Gasteiger partial charge is 0.412 e. The number of nitrogens with zero attached hydrogens (tertiary/aromatic N) is 2. The Morgan fingerprint density at radius 2 is 2.03 bits per heavy atom. The van der Waals surface area contributed by atoms with Gasteiger partial charge in [-0.25, -0.2) is 14.8 Å². The molecule has 0 radical (unpaired) electrons. The molecule has 0 bridgehead atoms. The van der Waals surface area contributed by atoms with Gasteiger partial charge in [0.25, 0.3) is 0 Å². The van der Waals surface area contributed by atoms with Crippen LogP contribution in [0.3, 0.4) is 0 Å². The number of carbonyl (C=O) groups excluding carboxylic acids is 2. The number of aromatic nitrogens is 3. The van der Waals surface area contributed by atoms with Gasteiger partial charge in [-0.2, -0.15) is 13.2 Å². The number of anilines is 1. The van der Waals surface area contributed by atoms with Gasteiger partial charge >= 0.3 is 12.1 Å². The van der Waals surface area contributed by atoms with Crippen LogP contribution in [-0.4, -0.2) is 39.6 Å².